The summed E-state index contributed by atoms with van der Waals surface area (Å²) >= 11 is 0. The van der Waals surface area contributed by atoms with Crippen molar-refractivity contribution in [1.29, 1.82) is 5.26 Å². The number of nitro benzene ring substituents is 1. The highest BCUT2D eigenvalue weighted by atomic mass is 32.2. The lowest BCUT2D eigenvalue weighted by Crippen LogP contribution is -2.32. The van der Waals surface area contributed by atoms with Gasteiger partial charge >= 0.3 is 5.69 Å². The van der Waals surface area contributed by atoms with E-state index in [-0.39, 0.29) is 6.42 Å². The first-order chi connectivity index (χ1) is 8.77. The zero-order valence-corrected chi connectivity index (χ0v) is 10.6. The maximum absolute atomic E-state index is 13.3. The number of rotatable bonds is 5. The predicted molar refractivity (Wildman–Crippen MR) is 63.1 cm³/mol. The average Bonchev–Trinajstić information content (AvgIpc) is 2.27. The zero-order chi connectivity index (χ0) is 14.6. The maximum atomic E-state index is 13.3. The molecule has 1 unspecified atom stereocenters. The summed E-state index contributed by atoms with van der Waals surface area (Å²) < 4.78 is 39.1. The van der Waals surface area contributed by atoms with Gasteiger partial charge in [0.2, 0.25) is 15.8 Å². The molecule has 0 aromatic heterocycles. The highest BCUT2D eigenvalue weighted by Gasteiger charge is 2.21. The Bertz CT molecular complexity index is 639. The molecule has 0 saturated carbocycles. The molecule has 1 rings (SSSR count). The smallest absolute Gasteiger partial charge is 0.258 e. The quantitative estimate of drug-likeness (QED) is 0.648. The number of benzene rings is 1. The van der Waals surface area contributed by atoms with E-state index in [4.69, 9.17) is 5.26 Å². The van der Waals surface area contributed by atoms with Crippen molar-refractivity contribution >= 4 is 15.7 Å². The summed E-state index contributed by atoms with van der Waals surface area (Å²) in [5.41, 5.74) is -0.802. The van der Waals surface area contributed by atoms with Crippen LogP contribution in [0.2, 0.25) is 0 Å². The van der Waals surface area contributed by atoms with Gasteiger partial charge in [-0.05, 0) is 13.0 Å². The Morgan fingerprint density at radius 1 is 1.58 bits per heavy atom. The van der Waals surface area contributed by atoms with E-state index in [1.54, 1.807) is 6.07 Å². The van der Waals surface area contributed by atoms with Crippen LogP contribution in [0.3, 0.4) is 0 Å². The molecule has 0 aliphatic heterocycles. The summed E-state index contributed by atoms with van der Waals surface area (Å²) in [6.45, 7) is 1.47. The molecule has 19 heavy (non-hydrogen) atoms. The van der Waals surface area contributed by atoms with E-state index in [1.165, 1.54) is 6.92 Å². The fraction of sp³-hybridized carbons (Fsp3) is 0.300. The molecule has 0 amide bonds. The normalized spacial score (nSPS) is 12.7. The van der Waals surface area contributed by atoms with Crippen LogP contribution in [0.5, 0.6) is 0 Å². The second kappa shape index (κ2) is 5.73. The van der Waals surface area contributed by atoms with Crippen molar-refractivity contribution in [1.82, 2.24) is 4.72 Å². The third kappa shape index (κ3) is 3.70. The Morgan fingerprint density at radius 2 is 2.21 bits per heavy atom. The molecule has 0 radical (unpaired) electrons. The van der Waals surface area contributed by atoms with Gasteiger partial charge in [-0.25, -0.2) is 13.1 Å². The van der Waals surface area contributed by atoms with Gasteiger partial charge in [0.25, 0.3) is 0 Å². The summed E-state index contributed by atoms with van der Waals surface area (Å²) in [4.78, 5) is 9.03. The number of nitriles is 1. The van der Waals surface area contributed by atoms with Crippen molar-refractivity contribution in [3.63, 3.8) is 0 Å². The highest BCUT2D eigenvalue weighted by molar-refractivity contribution is 7.89. The van der Waals surface area contributed by atoms with E-state index in [1.807, 2.05) is 0 Å². The molecule has 9 heteroatoms. The third-order valence-corrected chi connectivity index (χ3v) is 3.77. The van der Waals surface area contributed by atoms with E-state index in [0.717, 1.165) is 12.1 Å². The molecule has 1 aromatic carbocycles. The molecule has 0 saturated heterocycles. The number of halogens is 1. The molecule has 0 fully saturated rings. The molecule has 7 nitrogen and oxygen atoms in total. The fourth-order valence-electron chi connectivity index (χ4n) is 1.31. The molecule has 0 spiro atoms. The molecule has 0 bridgehead atoms. The molecular weight excluding hydrogens is 277 g/mol. The van der Waals surface area contributed by atoms with Crippen molar-refractivity contribution in [2.45, 2.75) is 24.3 Å². The van der Waals surface area contributed by atoms with Crippen LogP contribution < -0.4 is 4.72 Å². The van der Waals surface area contributed by atoms with Gasteiger partial charge in [0.1, 0.15) is 0 Å². The van der Waals surface area contributed by atoms with E-state index in [0.29, 0.717) is 6.07 Å². The summed E-state index contributed by atoms with van der Waals surface area (Å²) in [7, 11) is -4.01. The van der Waals surface area contributed by atoms with Crippen molar-refractivity contribution in [2.24, 2.45) is 0 Å². The topological polar surface area (TPSA) is 113 Å². The maximum Gasteiger partial charge on any atom is 0.304 e. The van der Waals surface area contributed by atoms with Gasteiger partial charge in [0.15, 0.2) is 0 Å². The monoisotopic (exact) mass is 287 g/mol. The van der Waals surface area contributed by atoms with Crippen molar-refractivity contribution in [3.05, 3.63) is 34.1 Å². The standard InChI is InChI=1S/C10H10FN3O4S/c1-7(4-5-12)13-19(17,18)8-2-3-10(14(15)16)9(11)6-8/h2-3,6-7,13H,4H2,1H3. The first-order valence-corrected chi connectivity index (χ1v) is 6.59. The number of nitrogens with zero attached hydrogens (tertiary/aromatic N) is 2. The first-order valence-electron chi connectivity index (χ1n) is 5.11. The van der Waals surface area contributed by atoms with Crippen LogP contribution in [0.15, 0.2) is 23.1 Å². The average molecular weight is 287 g/mol. The molecular formula is C10H10FN3O4S. The summed E-state index contributed by atoms with van der Waals surface area (Å²) in [5.74, 6) is -1.24. The predicted octanol–water partition coefficient (Wildman–Crippen LogP) is 1.31. The SMILES string of the molecule is CC(CC#N)NS(=O)(=O)c1ccc([N+](=O)[O-])c(F)c1. The molecule has 1 atom stereocenters. The van der Waals surface area contributed by atoms with Crippen molar-refractivity contribution in [3.8, 4) is 6.07 Å². The molecule has 0 aliphatic carbocycles. The van der Waals surface area contributed by atoms with Crippen LogP contribution in [-0.2, 0) is 10.0 Å². The van der Waals surface area contributed by atoms with E-state index >= 15 is 0 Å². The lowest BCUT2D eigenvalue weighted by Gasteiger charge is -2.11. The van der Waals surface area contributed by atoms with E-state index in [2.05, 4.69) is 4.72 Å². The Hall–Kier alpha value is -2.05. The van der Waals surface area contributed by atoms with Gasteiger partial charge in [0, 0.05) is 18.2 Å². The van der Waals surface area contributed by atoms with Crippen LogP contribution in [0.4, 0.5) is 10.1 Å². The van der Waals surface area contributed by atoms with E-state index in [9.17, 15) is 22.9 Å². The van der Waals surface area contributed by atoms with Crippen LogP contribution >= 0.6 is 0 Å². The van der Waals surface area contributed by atoms with Gasteiger partial charge in [-0.15, -0.1) is 0 Å². The van der Waals surface area contributed by atoms with Gasteiger partial charge in [-0.1, -0.05) is 0 Å². The highest BCUT2D eigenvalue weighted by Crippen LogP contribution is 2.20. The number of nitrogens with one attached hydrogen (secondary N) is 1. The number of hydrogen-bond acceptors (Lipinski definition) is 5. The van der Waals surface area contributed by atoms with E-state index < -0.39 is 37.4 Å². The lowest BCUT2D eigenvalue weighted by molar-refractivity contribution is -0.387. The van der Waals surface area contributed by atoms with Gasteiger partial charge in [0.05, 0.1) is 22.3 Å². The largest absolute Gasteiger partial charge is 0.304 e. The summed E-state index contributed by atoms with van der Waals surface area (Å²) in [6.07, 6.45) is -0.0469. The molecule has 1 aromatic rings. The van der Waals surface area contributed by atoms with Crippen molar-refractivity contribution < 1.29 is 17.7 Å². The number of sulfonamides is 1. The van der Waals surface area contributed by atoms with Gasteiger partial charge < -0.3 is 0 Å². The number of hydrogen-bond donors (Lipinski definition) is 1. The van der Waals surface area contributed by atoms with Gasteiger partial charge in [-0.3, -0.25) is 10.1 Å². The van der Waals surface area contributed by atoms with Crippen LogP contribution in [-0.4, -0.2) is 19.4 Å². The Balaban J connectivity index is 3.07. The molecule has 1 N–H and O–H groups in total. The van der Waals surface area contributed by atoms with Gasteiger partial charge in [-0.2, -0.15) is 9.65 Å². The van der Waals surface area contributed by atoms with Crippen LogP contribution in [0, 0.1) is 27.3 Å². The molecule has 0 heterocycles. The van der Waals surface area contributed by atoms with Crippen molar-refractivity contribution in [2.75, 3.05) is 0 Å². The number of nitro groups is 1. The lowest BCUT2D eigenvalue weighted by atomic mass is 10.3. The third-order valence-electron chi connectivity index (χ3n) is 2.18. The zero-order valence-electron chi connectivity index (χ0n) is 9.83. The molecule has 0 aliphatic rings. The second-order valence-corrected chi connectivity index (χ2v) is 5.47. The summed E-state index contributed by atoms with van der Waals surface area (Å²) in [5, 5.41) is 18.8. The minimum atomic E-state index is -4.01. The Labute approximate surface area is 108 Å². The minimum Gasteiger partial charge on any atom is -0.258 e. The van der Waals surface area contributed by atoms with Crippen LogP contribution in [0.1, 0.15) is 13.3 Å². The fourth-order valence-corrected chi connectivity index (χ4v) is 2.57. The first kappa shape index (κ1) is 15.0. The Kier molecular flexibility index (Phi) is 4.52. The minimum absolute atomic E-state index is 0.0469. The summed E-state index contributed by atoms with van der Waals surface area (Å²) in [6, 6.07) is 3.42. The molecule has 102 valence electrons. The second-order valence-electron chi connectivity index (χ2n) is 3.75. The van der Waals surface area contributed by atoms with Crippen LogP contribution in [0.25, 0.3) is 0 Å². The Morgan fingerprint density at radius 3 is 2.68 bits per heavy atom.